The van der Waals surface area contributed by atoms with Crippen LogP contribution in [0.4, 0.5) is 5.69 Å². The van der Waals surface area contributed by atoms with Gasteiger partial charge in [-0.05, 0) is 36.7 Å². The molecule has 0 unspecified atom stereocenters. The van der Waals surface area contributed by atoms with Gasteiger partial charge in [-0.2, -0.15) is 0 Å². The molecule has 0 bridgehead atoms. The van der Waals surface area contributed by atoms with Crippen LogP contribution in [0.5, 0.6) is 5.75 Å². The molecule has 0 atom stereocenters. The van der Waals surface area contributed by atoms with E-state index in [1.54, 1.807) is 7.11 Å². The van der Waals surface area contributed by atoms with Gasteiger partial charge >= 0.3 is 0 Å². The van der Waals surface area contributed by atoms with Gasteiger partial charge in [-0.1, -0.05) is 13.8 Å². The predicted octanol–water partition coefficient (Wildman–Crippen LogP) is 2.06. The summed E-state index contributed by atoms with van der Waals surface area (Å²) in [5.41, 5.74) is 1.30. The summed E-state index contributed by atoms with van der Waals surface area (Å²) >= 11 is 0. The fourth-order valence-corrected chi connectivity index (χ4v) is 2.65. The highest BCUT2D eigenvalue weighted by molar-refractivity contribution is 5.49. The summed E-state index contributed by atoms with van der Waals surface area (Å²) in [5, 5.41) is 3.52. The van der Waals surface area contributed by atoms with Gasteiger partial charge in [0.25, 0.3) is 0 Å². The number of hydrogen-bond donors (Lipinski definition) is 1. The van der Waals surface area contributed by atoms with Gasteiger partial charge < -0.3 is 15.0 Å². The maximum Gasteiger partial charge on any atom is 0.119 e. The number of methoxy groups -OCH3 is 1. The number of benzene rings is 1. The molecule has 1 aliphatic rings. The monoisotopic (exact) mass is 291 g/mol. The molecule has 0 aliphatic carbocycles. The van der Waals surface area contributed by atoms with Crippen molar-refractivity contribution in [1.29, 1.82) is 0 Å². The van der Waals surface area contributed by atoms with E-state index >= 15 is 0 Å². The zero-order chi connectivity index (χ0) is 15.1. The van der Waals surface area contributed by atoms with Gasteiger partial charge in [0.15, 0.2) is 0 Å². The van der Waals surface area contributed by atoms with E-state index < -0.39 is 0 Å². The van der Waals surface area contributed by atoms with Crippen LogP contribution in [0.3, 0.4) is 0 Å². The predicted molar refractivity (Wildman–Crippen MR) is 89.4 cm³/mol. The van der Waals surface area contributed by atoms with Crippen molar-refractivity contribution in [2.45, 2.75) is 13.8 Å². The number of anilines is 1. The van der Waals surface area contributed by atoms with Crippen LogP contribution in [0.2, 0.25) is 0 Å². The lowest BCUT2D eigenvalue weighted by Crippen LogP contribution is -2.48. The summed E-state index contributed by atoms with van der Waals surface area (Å²) in [5.74, 6) is 1.66. The molecular weight excluding hydrogens is 262 g/mol. The minimum atomic E-state index is 0.733. The fourth-order valence-electron chi connectivity index (χ4n) is 2.65. The second kappa shape index (κ2) is 8.25. The van der Waals surface area contributed by atoms with E-state index in [0.29, 0.717) is 0 Å². The molecule has 1 aromatic rings. The van der Waals surface area contributed by atoms with E-state index in [2.05, 4.69) is 41.1 Å². The Hall–Kier alpha value is -1.26. The number of nitrogens with zero attached hydrogens (tertiary/aromatic N) is 2. The Morgan fingerprint density at radius 1 is 1.10 bits per heavy atom. The molecule has 2 rings (SSSR count). The molecule has 21 heavy (non-hydrogen) atoms. The van der Waals surface area contributed by atoms with Crippen molar-refractivity contribution < 1.29 is 4.74 Å². The third-order valence-corrected chi connectivity index (χ3v) is 3.97. The van der Waals surface area contributed by atoms with Crippen LogP contribution in [0, 0.1) is 5.92 Å². The molecule has 0 radical (unpaired) electrons. The summed E-state index contributed by atoms with van der Waals surface area (Å²) in [7, 11) is 1.71. The van der Waals surface area contributed by atoms with Crippen molar-refractivity contribution in [1.82, 2.24) is 10.2 Å². The molecular formula is C17H29N3O. The van der Waals surface area contributed by atoms with Gasteiger partial charge in [0, 0.05) is 45.0 Å². The first-order valence-electron chi connectivity index (χ1n) is 8.01. The Bertz CT molecular complexity index is 397. The second-order valence-electron chi connectivity index (χ2n) is 6.12. The molecule has 0 amide bonds. The number of piperazine rings is 1. The van der Waals surface area contributed by atoms with Crippen molar-refractivity contribution in [2.24, 2.45) is 5.92 Å². The highest BCUT2D eigenvalue weighted by atomic mass is 16.5. The molecule has 0 saturated carbocycles. The first-order valence-corrected chi connectivity index (χ1v) is 8.01. The number of ether oxygens (including phenoxy) is 1. The summed E-state index contributed by atoms with van der Waals surface area (Å²) in [4.78, 5) is 5.00. The molecule has 118 valence electrons. The van der Waals surface area contributed by atoms with E-state index in [-0.39, 0.29) is 0 Å². The Labute approximate surface area is 129 Å². The van der Waals surface area contributed by atoms with E-state index in [9.17, 15) is 0 Å². The third-order valence-electron chi connectivity index (χ3n) is 3.97. The van der Waals surface area contributed by atoms with Gasteiger partial charge in [0.1, 0.15) is 5.75 Å². The van der Waals surface area contributed by atoms with Gasteiger partial charge in [-0.25, -0.2) is 0 Å². The first-order chi connectivity index (χ1) is 10.2. The maximum absolute atomic E-state index is 5.21. The quantitative estimate of drug-likeness (QED) is 0.778. The van der Waals surface area contributed by atoms with Crippen LogP contribution in [0.15, 0.2) is 24.3 Å². The molecule has 4 heteroatoms. The molecule has 0 spiro atoms. The SMILES string of the molecule is COc1ccc(N2CCN(CCNCC(C)C)CC2)cc1. The minimum absolute atomic E-state index is 0.733. The van der Waals surface area contributed by atoms with Gasteiger partial charge in [-0.3, -0.25) is 4.90 Å². The number of hydrogen-bond acceptors (Lipinski definition) is 4. The highest BCUT2D eigenvalue weighted by Gasteiger charge is 2.16. The fraction of sp³-hybridized carbons (Fsp3) is 0.647. The van der Waals surface area contributed by atoms with Crippen LogP contribution in [0.25, 0.3) is 0 Å². The summed E-state index contributed by atoms with van der Waals surface area (Å²) in [6.07, 6.45) is 0. The molecule has 1 aliphatic heterocycles. The largest absolute Gasteiger partial charge is 0.497 e. The Morgan fingerprint density at radius 3 is 2.33 bits per heavy atom. The smallest absolute Gasteiger partial charge is 0.119 e. The van der Waals surface area contributed by atoms with Crippen LogP contribution in [0.1, 0.15) is 13.8 Å². The third kappa shape index (κ3) is 5.21. The Kier molecular flexibility index (Phi) is 6.33. The zero-order valence-electron chi connectivity index (χ0n) is 13.6. The van der Waals surface area contributed by atoms with Gasteiger partial charge in [0.05, 0.1) is 7.11 Å². The van der Waals surface area contributed by atoms with E-state index in [4.69, 9.17) is 4.74 Å². The lowest BCUT2D eigenvalue weighted by Gasteiger charge is -2.36. The maximum atomic E-state index is 5.21. The molecule has 1 fully saturated rings. The minimum Gasteiger partial charge on any atom is -0.497 e. The van der Waals surface area contributed by atoms with Gasteiger partial charge in [0.2, 0.25) is 0 Å². The second-order valence-corrected chi connectivity index (χ2v) is 6.12. The normalized spacial score (nSPS) is 16.5. The summed E-state index contributed by atoms with van der Waals surface area (Å²) < 4.78 is 5.21. The number of rotatable bonds is 7. The van der Waals surface area contributed by atoms with Crippen LogP contribution in [-0.2, 0) is 0 Å². The van der Waals surface area contributed by atoms with Crippen molar-refractivity contribution >= 4 is 5.69 Å². The topological polar surface area (TPSA) is 27.7 Å². The van der Waals surface area contributed by atoms with Crippen LogP contribution in [-0.4, -0.2) is 57.8 Å². The van der Waals surface area contributed by atoms with E-state index in [1.807, 2.05) is 12.1 Å². The van der Waals surface area contributed by atoms with E-state index in [1.165, 1.54) is 5.69 Å². The molecule has 1 aromatic carbocycles. The lowest BCUT2D eigenvalue weighted by molar-refractivity contribution is 0.256. The molecule has 4 nitrogen and oxygen atoms in total. The lowest BCUT2D eigenvalue weighted by atomic mass is 10.2. The number of nitrogens with one attached hydrogen (secondary N) is 1. The average Bonchev–Trinajstić information content (AvgIpc) is 2.52. The standard InChI is InChI=1S/C17H29N3O/c1-15(2)14-18-8-9-19-10-12-20(13-11-19)16-4-6-17(21-3)7-5-16/h4-7,15,18H,8-14H2,1-3H3. The summed E-state index contributed by atoms with van der Waals surface area (Å²) in [6.45, 7) is 12.4. The molecule has 1 N–H and O–H groups in total. The molecule has 0 aromatic heterocycles. The Balaban J connectivity index is 1.70. The van der Waals surface area contributed by atoms with Crippen molar-refractivity contribution in [2.75, 3.05) is 57.8 Å². The van der Waals surface area contributed by atoms with Crippen LogP contribution < -0.4 is 15.0 Å². The van der Waals surface area contributed by atoms with E-state index in [0.717, 1.165) is 57.5 Å². The Morgan fingerprint density at radius 2 is 1.76 bits per heavy atom. The van der Waals surface area contributed by atoms with Crippen molar-refractivity contribution in [3.8, 4) is 5.75 Å². The molecule has 1 saturated heterocycles. The van der Waals surface area contributed by atoms with Crippen molar-refractivity contribution in [3.63, 3.8) is 0 Å². The van der Waals surface area contributed by atoms with Crippen molar-refractivity contribution in [3.05, 3.63) is 24.3 Å². The summed E-state index contributed by atoms with van der Waals surface area (Å²) in [6, 6.07) is 8.38. The van der Waals surface area contributed by atoms with Gasteiger partial charge in [-0.15, -0.1) is 0 Å². The average molecular weight is 291 g/mol. The molecule has 1 heterocycles. The first kappa shape index (κ1) is 16.1. The highest BCUT2D eigenvalue weighted by Crippen LogP contribution is 2.20. The zero-order valence-corrected chi connectivity index (χ0v) is 13.6. The van der Waals surface area contributed by atoms with Crippen LogP contribution >= 0.6 is 0 Å².